The SMILES string of the molecule is Nc1ccn(CC2OC2CO)c(=O)n1. The molecule has 14 heavy (non-hydrogen) atoms. The molecule has 76 valence electrons. The Bertz CT molecular complexity index is 390. The molecular formula is C8H11N3O3. The van der Waals surface area contributed by atoms with E-state index in [1.807, 2.05) is 0 Å². The molecule has 2 rings (SSSR count). The lowest BCUT2D eigenvalue weighted by Gasteiger charge is -2.01. The van der Waals surface area contributed by atoms with E-state index in [-0.39, 0.29) is 24.6 Å². The lowest BCUT2D eigenvalue weighted by molar-refractivity contribution is 0.241. The molecule has 1 fully saturated rings. The second-order valence-electron chi connectivity index (χ2n) is 3.18. The molecule has 1 aliphatic rings. The summed E-state index contributed by atoms with van der Waals surface area (Å²) in [4.78, 5) is 14.8. The van der Waals surface area contributed by atoms with E-state index < -0.39 is 5.69 Å². The highest BCUT2D eigenvalue weighted by atomic mass is 16.6. The van der Waals surface area contributed by atoms with Crippen molar-refractivity contribution in [3.8, 4) is 0 Å². The second-order valence-corrected chi connectivity index (χ2v) is 3.18. The van der Waals surface area contributed by atoms with Gasteiger partial charge in [-0.1, -0.05) is 0 Å². The van der Waals surface area contributed by atoms with Gasteiger partial charge >= 0.3 is 5.69 Å². The number of nitrogen functional groups attached to an aromatic ring is 1. The number of aliphatic hydroxyl groups excluding tert-OH is 1. The number of epoxide rings is 1. The average molecular weight is 197 g/mol. The number of rotatable bonds is 3. The Morgan fingerprint density at radius 2 is 2.43 bits per heavy atom. The molecule has 1 aromatic rings. The third-order valence-corrected chi connectivity index (χ3v) is 2.14. The lowest BCUT2D eigenvalue weighted by Crippen LogP contribution is -2.25. The fourth-order valence-electron chi connectivity index (χ4n) is 1.28. The van der Waals surface area contributed by atoms with E-state index in [4.69, 9.17) is 15.6 Å². The number of anilines is 1. The van der Waals surface area contributed by atoms with E-state index in [0.717, 1.165) is 0 Å². The molecule has 1 aliphatic heterocycles. The van der Waals surface area contributed by atoms with Gasteiger partial charge in [-0.3, -0.25) is 4.57 Å². The average Bonchev–Trinajstić information content (AvgIpc) is 2.89. The van der Waals surface area contributed by atoms with E-state index in [1.54, 1.807) is 12.3 Å². The molecule has 0 amide bonds. The molecule has 6 heteroatoms. The van der Waals surface area contributed by atoms with Crippen LogP contribution in [0.4, 0.5) is 5.82 Å². The molecule has 6 nitrogen and oxygen atoms in total. The van der Waals surface area contributed by atoms with Crippen molar-refractivity contribution in [3.63, 3.8) is 0 Å². The molecule has 0 bridgehead atoms. The molecular weight excluding hydrogens is 186 g/mol. The van der Waals surface area contributed by atoms with E-state index >= 15 is 0 Å². The zero-order valence-electron chi connectivity index (χ0n) is 7.46. The van der Waals surface area contributed by atoms with Crippen LogP contribution in [0.2, 0.25) is 0 Å². The van der Waals surface area contributed by atoms with Crippen molar-refractivity contribution in [2.24, 2.45) is 0 Å². The van der Waals surface area contributed by atoms with E-state index in [0.29, 0.717) is 6.54 Å². The van der Waals surface area contributed by atoms with Crippen LogP contribution >= 0.6 is 0 Å². The fourth-order valence-corrected chi connectivity index (χ4v) is 1.28. The quantitative estimate of drug-likeness (QED) is 0.580. The summed E-state index contributed by atoms with van der Waals surface area (Å²) in [5.74, 6) is 0.210. The van der Waals surface area contributed by atoms with Crippen molar-refractivity contribution in [1.82, 2.24) is 9.55 Å². The van der Waals surface area contributed by atoms with Gasteiger partial charge in [0.05, 0.1) is 13.2 Å². The topological polar surface area (TPSA) is 93.7 Å². The lowest BCUT2D eigenvalue weighted by atomic mass is 10.3. The molecule has 2 atom stereocenters. The van der Waals surface area contributed by atoms with Gasteiger partial charge in [-0.25, -0.2) is 4.79 Å². The molecule has 0 aromatic carbocycles. The highest BCUT2D eigenvalue weighted by molar-refractivity contribution is 5.23. The van der Waals surface area contributed by atoms with Crippen LogP contribution in [-0.2, 0) is 11.3 Å². The number of nitrogens with two attached hydrogens (primary N) is 1. The van der Waals surface area contributed by atoms with Gasteiger partial charge in [0.25, 0.3) is 0 Å². The maximum atomic E-state index is 11.3. The molecule has 1 saturated heterocycles. The Hall–Kier alpha value is -1.40. The van der Waals surface area contributed by atoms with Gasteiger partial charge in [0.15, 0.2) is 0 Å². The van der Waals surface area contributed by atoms with Gasteiger partial charge in [-0.2, -0.15) is 4.98 Å². The van der Waals surface area contributed by atoms with Crippen molar-refractivity contribution >= 4 is 5.82 Å². The monoisotopic (exact) mass is 197 g/mol. The highest BCUT2D eigenvalue weighted by Crippen LogP contribution is 2.22. The van der Waals surface area contributed by atoms with E-state index in [2.05, 4.69) is 4.98 Å². The Morgan fingerprint density at radius 1 is 1.64 bits per heavy atom. The summed E-state index contributed by atoms with van der Waals surface area (Å²) in [6.07, 6.45) is 1.35. The summed E-state index contributed by atoms with van der Waals surface area (Å²) in [6, 6.07) is 1.55. The molecule has 3 N–H and O–H groups in total. The predicted octanol–water partition coefficient (Wildman–Crippen LogP) is -1.41. The third kappa shape index (κ3) is 1.75. The number of nitrogens with zero attached hydrogens (tertiary/aromatic N) is 2. The summed E-state index contributed by atoms with van der Waals surface area (Å²) < 4.78 is 6.50. The normalized spacial score (nSPS) is 24.9. The highest BCUT2D eigenvalue weighted by Gasteiger charge is 2.38. The van der Waals surface area contributed by atoms with Crippen LogP contribution in [0.5, 0.6) is 0 Å². The first-order chi connectivity index (χ1) is 6.70. The zero-order chi connectivity index (χ0) is 10.1. The van der Waals surface area contributed by atoms with Crippen LogP contribution in [0.15, 0.2) is 17.1 Å². The minimum absolute atomic E-state index is 0.0121. The van der Waals surface area contributed by atoms with Gasteiger partial charge in [-0.15, -0.1) is 0 Å². The summed E-state index contributed by atoms with van der Waals surface area (Å²) >= 11 is 0. The van der Waals surface area contributed by atoms with Crippen LogP contribution in [0.3, 0.4) is 0 Å². The summed E-state index contributed by atoms with van der Waals surface area (Å²) in [7, 11) is 0. The Morgan fingerprint density at radius 3 is 3.00 bits per heavy atom. The predicted molar refractivity (Wildman–Crippen MR) is 48.7 cm³/mol. The summed E-state index contributed by atoms with van der Waals surface area (Å²) in [5, 5.41) is 8.72. The maximum Gasteiger partial charge on any atom is 0.349 e. The van der Waals surface area contributed by atoms with E-state index in [1.165, 1.54) is 4.57 Å². The number of aromatic nitrogens is 2. The van der Waals surface area contributed by atoms with Crippen LogP contribution < -0.4 is 11.4 Å². The number of aliphatic hydroxyl groups is 1. The first-order valence-corrected chi connectivity index (χ1v) is 4.30. The smallest absolute Gasteiger partial charge is 0.349 e. The van der Waals surface area contributed by atoms with Crippen LogP contribution in [-0.4, -0.2) is 33.5 Å². The minimum atomic E-state index is -0.391. The van der Waals surface area contributed by atoms with Crippen molar-refractivity contribution < 1.29 is 9.84 Å². The minimum Gasteiger partial charge on any atom is -0.394 e. The van der Waals surface area contributed by atoms with Gasteiger partial charge < -0.3 is 15.6 Å². The molecule has 0 radical (unpaired) electrons. The van der Waals surface area contributed by atoms with Crippen molar-refractivity contribution in [3.05, 3.63) is 22.7 Å². The number of ether oxygens (including phenoxy) is 1. The molecule has 0 spiro atoms. The molecule has 2 unspecified atom stereocenters. The van der Waals surface area contributed by atoms with Gasteiger partial charge in [0.2, 0.25) is 0 Å². The Kier molecular flexibility index (Phi) is 2.22. The van der Waals surface area contributed by atoms with Gasteiger partial charge in [0.1, 0.15) is 18.0 Å². The van der Waals surface area contributed by atoms with Gasteiger partial charge in [0, 0.05) is 6.20 Å². The van der Waals surface area contributed by atoms with Crippen molar-refractivity contribution in [2.45, 2.75) is 18.8 Å². The van der Waals surface area contributed by atoms with Crippen molar-refractivity contribution in [2.75, 3.05) is 12.3 Å². The first kappa shape index (κ1) is 9.17. The Labute approximate surface area is 79.9 Å². The van der Waals surface area contributed by atoms with Crippen molar-refractivity contribution in [1.29, 1.82) is 0 Å². The molecule has 1 aromatic heterocycles. The maximum absolute atomic E-state index is 11.3. The number of hydrogen-bond donors (Lipinski definition) is 2. The third-order valence-electron chi connectivity index (χ3n) is 2.14. The Balaban J connectivity index is 2.07. The standard InChI is InChI=1S/C8H11N3O3/c9-7-1-2-11(8(13)10-7)3-5-6(4-12)14-5/h1-2,5-6,12H,3-4H2,(H2,9,10,13). The summed E-state index contributed by atoms with van der Waals surface area (Å²) in [5.41, 5.74) is 4.94. The second kappa shape index (κ2) is 3.39. The zero-order valence-corrected chi connectivity index (χ0v) is 7.46. The van der Waals surface area contributed by atoms with Crippen LogP contribution in [0, 0.1) is 0 Å². The van der Waals surface area contributed by atoms with E-state index in [9.17, 15) is 4.79 Å². The molecule has 0 aliphatic carbocycles. The fraction of sp³-hybridized carbons (Fsp3) is 0.500. The van der Waals surface area contributed by atoms with Crippen LogP contribution in [0.25, 0.3) is 0 Å². The number of hydrogen-bond acceptors (Lipinski definition) is 5. The molecule has 0 saturated carbocycles. The van der Waals surface area contributed by atoms with Crippen LogP contribution in [0.1, 0.15) is 0 Å². The summed E-state index contributed by atoms with van der Waals surface area (Å²) in [6.45, 7) is 0.402. The van der Waals surface area contributed by atoms with Gasteiger partial charge in [-0.05, 0) is 6.07 Å². The first-order valence-electron chi connectivity index (χ1n) is 4.30. The largest absolute Gasteiger partial charge is 0.394 e. The molecule has 2 heterocycles.